The Bertz CT molecular complexity index is 722. The molecule has 1 aliphatic rings. The van der Waals surface area contributed by atoms with Crippen molar-refractivity contribution in [3.05, 3.63) is 40.4 Å². The zero-order valence-electron chi connectivity index (χ0n) is 14.9. The minimum Gasteiger partial charge on any atom is -0.494 e. The fourth-order valence-corrected chi connectivity index (χ4v) is 3.44. The smallest absolute Gasteiger partial charge is 0.316 e. The van der Waals surface area contributed by atoms with E-state index in [1.807, 2.05) is 38.1 Å². The Morgan fingerprint density at radius 2 is 2.08 bits per heavy atom. The van der Waals surface area contributed by atoms with E-state index in [4.69, 9.17) is 9.47 Å². The van der Waals surface area contributed by atoms with Crippen molar-refractivity contribution in [3.8, 4) is 11.8 Å². The summed E-state index contributed by atoms with van der Waals surface area (Å²) in [7, 11) is 0. The molecule has 138 valence electrons. The number of carbonyl (C=O) groups excluding carboxylic acids is 2. The van der Waals surface area contributed by atoms with Gasteiger partial charge in [0, 0.05) is 12.3 Å². The Hall–Kier alpha value is -2.46. The van der Waals surface area contributed by atoms with E-state index in [0.717, 1.165) is 29.5 Å². The molecule has 2 rings (SSSR count). The molecule has 6 nitrogen and oxygen atoms in total. The topological polar surface area (TPSA) is 88.4 Å². The first-order valence-corrected chi connectivity index (χ1v) is 9.52. The number of ether oxygens (including phenoxy) is 2. The molecule has 1 heterocycles. The lowest BCUT2D eigenvalue weighted by molar-refractivity contribution is -0.140. The molecule has 0 aromatic heterocycles. The molecule has 0 bridgehead atoms. The number of hydrogen-bond donors (Lipinski definition) is 1. The van der Waals surface area contributed by atoms with Crippen LogP contribution < -0.4 is 10.1 Å². The van der Waals surface area contributed by atoms with Gasteiger partial charge in [0.2, 0.25) is 5.91 Å². The highest BCUT2D eigenvalue weighted by molar-refractivity contribution is 8.03. The average molecular weight is 374 g/mol. The lowest BCUT2D eigenvalue weighted by atomic mass is 9.87. The molecule has 0 aliphatic carbocycles. The van der Waals surface area contributed by atoms with Crippen LogP contribution in [0.2, 0.25) is 0 Å². The van der Waals surface area contributed by atoms with Gasteiger partial charge in [-0.25, -0.2) is 0 Å². The molecule has 1 unspecified atom stereocenters. The van der Waals surface area contributed by atoms with E-state index in [9.17, 15) is 14.9 Å². The predicted molar refractivity (Wildman–Crippen MR) is 99.5 cm³/mol. The Balaban J connectivity index is 2.18. The summed E-state index contributed by atoms with van der Waals surface area (Å²) >= 11 is 1.13. The Morgan fingerprint density at radius 1 is 1.35 bits per heavy atom. The number of rotatable bonds is 8. The van der Waals surface area contributed by atoms with Crippen LogP contribution in [0.5, 0.6) is 5.75 Å². The Labute approximate surface area is 157 Å². The van der Waals surface area contributed by atoms with Gasteiger partial charge in [-0.1, -0.05) is 30.8 Å². The van der Waals surface area contributed by atoms with Gasteiger partial charge in [0.15, 0.2) is 0 Å². The van der Waals surface area contributed by atoms with Gasteiger partial charge in [-0.15, -0.1) is 0 Å². The predicted octanol–water partition coefficient (Wildman–Crippen LogP) is 3.11. The molecule has 0 spiro atoms. The number of nitrogens with zero attached hydrogens (tertiary/aromatic N) is 1. The first-order valence-electron chi connectivity index (χ1n) is 8.54. The summed E-state index contributed by atoms with van der Waals surface area (Å²) in [6, 6.07) is 9.58. The van der Waals surface area contributed by atoms with Crippen molar-refractivity contribution in [2.24, 2.45) is 0 Å². The third kappa shape index (κ3) is 5.27. The minimum atomic E-state index is -0.362. The van der Waals surface area contributed by atoms with E-state index in [-0.39, 0.29) is 30.0 Å². The van der Waals surface area contributed by atoms with E-state index in [2.05, 4.69) is 11.4 Å². The van der Waals surface area contributed by atoms with Gasteiger partial charge in [-0.3, -0.25) is 9.59 Å². The molecule has 0 saturated carbocycles. The molecule has 1 aromatic rings. The zero-order valence-corrected chi connectivity index (χ0v) is 15.7. The number of amides is 1. The monoisotopic (exact) mass is 374 g/mol. The summed E-state index contributed by atoms with van der Waals surface area (Å²) < 4.78 is 10.5. The molecule has 0 saturated heterocycles. The van der Waals surface area contributed by atoms with Crippen LogP contribution in [0.15, 0.2) is 34.9 Å². The second-order valence-electron chi connectivity index (χ2n) is 5.67. The van der Waals surface area contributed by atoms with E-state index < -0.39 is 0 Å². The van der Waals surface area contributed by atoms with Gasteiger partial charge in [0.25, 0.3) is 0 Å². The van der Waals surface area contributed by atoms with E-state index >= 15 is 0 Å². The zero-order chi connectivity index (χ0) is 18.9. The fourth-order valence-electron chi connectivity index (χ4n) is 2.57. The minimum absolute atomic E-state index is 0.0524. The molecule has 1 aliphatic heterocycles. The summed E-state index contributed by atoms with van der Waals surface area (Å²) in [6.45, 7) is 4.76. The summed E-state index contributed by atoms with van der Waals surface area (Å²) in [4.78, 5) is 23.8. The largest absolute Gasteiger partial charge is 0.494 e. The molecule has 26 heavy (non-hydrogen) atoms. The van der Waals surface area contributed by atoms with Crippen LogP contribution in [-0.4, -0.2) is 30.8 Å². The number of nitriles is 1. The molecule has 1 aromatic carbocycles. The first-order chi connectivity index (χ1) is 12.6. The van der Waals surface area contributed by atoms with Crippen LogP contribution in [0.4, 0.5) is 0 Å². The Kier molecular flexibility index (Phi) is 7.54. The molecule has 7 heteroatoms. The number of hydrogen-bond acceptors (Lipinski definition) is 6. The van der Waals surface area contributed by atoms with Crippen molar-refractivity contribution in [1.29, 1.82) is 5.26 Å². The van der Waals surface area contributed by atoms with Gasteiger partial charge < -0.3 is 14.8 Å². The van der Waals surface area contributed by atoms with Gasteiger partial charge in [-0.2, -0.15) is 5.26 Å². The SMILES string of the molecule is CCCOC(=O)CSC1=C(C#N)C(c2ccc(OCC)cc2)CC(=O)N1. The lowest BCUT2D eigenvalue weighted by Crippen LogP contribution is -2.31. The van der Waals surface area contributed by atoms with Gasteiger partial charge in [0.1, 0.15) is 5.75 Å². The van der Waals surface area contributed by atoms with Crippen molar-refractivity contribution in [2.45, 2.75) is 32.6 Å². The summed E-state index contributed by atoms with van der Waals surface area (Å²) in [5.74, 6) is -0.0752. The third-order valence-corrected chi connectivity index (χ3v) is 4.74. The van der Waals surface area contributed by atoms with Crippen molar-refractivity contribution < 1.29 is 19.1 Å². The molecule has 0 radical (unpaired) electrons. The molecular weight excluding hydrogens is 352 g/mol. The first kappa shape index (κ1) is 19.9. The maximum absolute atomic E-state index is 12.1. The normalized spacial score (nSPS) is 16.7. The Morgan fingerprint density at radius 3 is 2.69 bits per heavy atom. The van der Waals surface area contributed by atoms with Crippen LogP contribution in [0, 0.1) is 11.3 Å². The number of allylic oxidation sites excluding steroid dienone is 1. The third-order valence-electron chi connectivity index (χ3n) is 3.75. The van der Waals surface area contributed by atoms with Crippen molar-refractivity contribution in [1.82, 2.24) is 5.32 Å². The fraction of sp³-hybridized carbons (Fsp3) is 0.421. The maximum atomic E-state index is 12.1. The highest BCUT2D eigenvalue weighted by atomic mass is 32.2. The van der Waals surface area contributed by atoms with Crippen molar-refractivity contribution in [2.75, 3.05) is 19.0 Å². The van der Waals surface area contributed by atoms with E-state index in [0.29, 0.717) is 23.8 Å². The number of carbonyl (C=O) groups is 2. The molecule has 1 atom stereocenters. The lowest BCUT2D eigenvalue weighted by Gasteiger charge is -2.25. The number of esters is 1. The molecular formula is C19H22N2O4S. The number of benzene rings is 1. The van der Waals surface area contributed by atoms with Gasteiger partial charge in [0.05, 0.1) is 35.6 Å². The highest BCUT2D eigenvalue weighted by Crippen LogP contribution is 2.36. The van der Waals surface area contributed by atoms with Crippen LogP contribution in [-0.2, 0) is 14.3 Å². The second-order valence-corrected chi connectivity index (χ2v) is 6.66. The molecule has 1 N–H and O–H groups in total. The summed E-state index contributed by atoms with van der Waals surface area (Å²) in [5, 5.41) is 12.7. The van der Waals surface area contributed by atoms with Crippen LogP contribution in [0.1, 0.15) is 38.2 Å². The van der Waals surface area contributed by atoms with Crippen LogP contribution >= 0.6 is 11.8 Å². The summed E-state index contributed by atoms with van der Waals surface area (Å²) in [5.41, 5.74) is 1.33. The van der Waals surface area contributed by atoms with Crippen LogP contribution in [0.3, 0.4) is 0 Å². The van der Waals surface area contributed by atoms with Crippen molar-refractivity contribution in [3.63, 3.8) is 0 Å². The second kappa shape index (κ2) is 9.88. The highest BCUT2D eigenvalue weighted by Gasteiger charge is 2.30. The molecule has 1 amide bonds. The maximum Gasteiger partial charge on any atom is 0.316 e. The van der Waals surface area contributed by atoms with Crippen LogP contribution in [0.25, 0.3) is 0 Å². The van der Waals surface area contributed by atoms with E-state index in [1.54, 1.807) is 0 Å². The summed E-state index contributed by atoms with van der Waals surface area (Å²) in [6.07, 6.45) is 0.945. The average Bonchev–Trinajstić information content (AvgIpc) is 2.65. The number of nitrogens with one attached hydrogen (secondary N) is 1. The number of thioether (sulfide) groups is 1. The van der Waals surface area contributed by atoms with Gasteiger partial charge in [-0.05, 0) is 31.0 Å². The van der Waals surface area contributed by atoms with Crippen molar-refractivity contribution >= 4 is 23.6 Å². The standard InChI is InChI=1S/C19H22N2O4S/c1-3-9-25-18(23)12-26-19-16(11-20)15(10-17(22)21-19)13-5-7-14(8-6-13)24-4-2/h5-8,15H,3-4,9-10,12H2,1-2H3,(H,21,22). The van der Waals surface area contributed by atoms with Gasteiger partial charge >= 0.3 is 5.97 Å². The quantitative estimate of drug-likeness (QED) is 0.704. The van der Waals surface area contributed by atoms with E-state index in [1.165, 1.54) is 0 Å². The molecule has 0 fully saturated rings.